The van der Waals surface area contributed by atoms with Gasteiger partial charge in [0.1, 0.15) is 0 Å². The van der Waals surface area contributed by atoms with Crippen LogP contribution in [0.1, 0.15) is 39.9 Å². The zero-order valence-corrected chi connectivity index (χ0v) is 20.6. The lowest BCUT2D eigenvalue weighted by molar-refractivity contribution is -0.143. The lowest BCUT2D eigenvalue weighted by atomic mass is 9.90. The van der Waals surface area contributed by atoms with Crippen molar-refractivity contribution in [2.24, 2.45) is 0 Å². The SMILES string of the molecule is N#CCN1CCN(C2CCN(C(=O)c3cc(C(F)(F)F)cc(C(F)(F)F)c3)C(Cc3ccccc3)C2)CC1. The first kappa shape index (κ1) is 27.9. The molecule has 2 fully saturated rings. The Bertz CT molecular complexity index is 1120. The molecule has 2 aliphatic heterocycles. The molecule has 2 unspecified atom stereocenters. The van der Waals surface area contributed by atoms with Crippen LogP contribution in [0.5, 0.6) is 0 Å². The van der Waals surface area contributed by atoms with Gasteiger partial charge in [0.05, 0.1) is 23.7 Å². The highest BCUT2D eigenvalue weighted by molar-refractivity contribution is 5.95. The molecule has 0 N–H and O–H groups in total. The van der Waals surface area contributed by atoms with Crippen molar-refractivity contribution in [3.05, 3.63) is 70.8 Å². The fraction of sp³-hybridized carbons (Fsp3) is 0.481. The van der Waals surface area contributed by atoms with E-state index in [1.54, 1.807) is 0 Å². The molecule has 2 aromatic carbocycles. The summed E-state index contributed by atoms with van der Waals surface area (Å²) in [6.45, 7) is 3.55. The second-order valence-corrected chi connectivity index (χ2v) is 9.79. The molecular weight excluding hydrogens is 510 g/mol. The van der Waals surface area contributed by atoms with Crippen LogP contribution < -0.4 is 0 Å². The number of hydrogen-bond acceptors (Lipinski definition) is 4. The van der Waals surface area contributed by atoms with Crippen LogP contribution in [-0.4, -0.2) is 72.0 Å². The number of likely N-dealkylation sites (tertiary alicyclic amines) is 1. The van der Waals surface area contributed by atoms with E-state index in [2.05, 4.69) is 15.9 Å². The fourth-order valence-electron chi connectivity index (χ4n) is 5.34. The maximum atomic E-state index is 13.5. The summed E-state index contributed by atoms with van der Waals surface area (Å²) in [7, 11) is 0. The van der Waals surface area contributed by atoms with E-state index in [0.717, 1.165) is 31.7 Å². The van der Waals surface area contributed by atoms with E-state index in [-0.39, 0.29) is 18.7 Å². The maximum Gasteiger partial charge on any atom is 0.416 e. The molecule has 0 saturated carbocycles. The maximum absolute atomic E-state index is 13.5. The first-order valence-corrected chi connectivity index (χ1v) is 12.4. The molecule has 2 saturated heterocycles. The van der Waals surface area contributed by atoms with Gasteiger partial charge in [-0.1, -0.05) is 30.3 Å². The van der Waals surface area contributed by atoms with Gasteiger partial charge < -0.3 is 4.90 Å². The van der Waals surface area contributed by atoms with Crippen LogP contribution in [0.2, 0.25) is 0 Å². The Morgan fingerprint density at radius 2 is 1.50 bits per heavy atom. The summed E-state index contributed by atoms with van der Waals surface area (Å²) in [6, 6.07) is 12.2. The highest BCUT2D eigenvalue weighted by Gasteiger charge is 2.40. The highest BCUT2D eigenvalue weighted by Crippen LogP contribution is 2.37. The van der Waals surface area contributed by atoms with Crippen LogP contribution in [0.15, 0.2) is 48.5 Å². The molecule has 2 atom stereocenters. The zero-order valence-electron chi connectivity index (χ0n) is 20.6. The van der Waals surface area contributed by atoms with Crippen LogP contribution in [0, 0.1) is 11.3 Å². The molecule has 11 heteroatoms. The molecule has 204 valence electrons. The number of nitrogens with zero attached hydrogens (tertiary/aromatic N) is 4. The predicted octanol–water partition coefficient (Wildman–Crippen LogP) is 5.08. The fourth-order valence-corrected chi connectivity index (χ4v) is 5.34. The number of amides is 1. The van der Waals surface area contributed by atoms with Gasteiger partial charge in [0.15, 0.2) is 0 Å². The Labute approximate surface area is 217 Å². The lowest BCUT2D eigenvalue weighted by Crippen LogP contribution is -2.56. The van der Waals surface area contributed by atoms with Gasteiger partial charge in [-0.3, -0.25) is 14.6 Å². The molecule has 2 heterocycles. The van der Waals surface area contributed by atoms with Gasteiger partial charge >= 0.3 is 12.4 Å². The summed E-state index contributed by atoms with van der Waals surface area (Å²) in [6.07, 6.45) is -8.52. The third kappa shape index (κ3) is 6.66. The van der Waals surface area contributed by atoms with Gasteiger partial charge in [-0.2, -0.15) is 31.6 Å². The van der Waals surface area contributed by atoms with Crippen LogP contribution in [0.3, 0.4) is 0 Å². The molecule has 2 aromatic rings. The smallest absolute Gasteiger partial charge is 0.335 e. The topological polar surface area (TPSA) is 50.6 Å². The number of halogens is 6. The lowest BCUT2D eigenvalue weighted by Gasteiger charge is -2.46. The van der Waals surface area contributed by atoms with Crippen molar-refractivity contribution in [1.82, 2.24) is 14.7 Å². The third-order valence-corrected chi connectivity index (χ3v) is 7.32. The second-order valence-electron chi connectivity index (χ2n) is 9.79. The number of carbonyl (C=O) groups is 1. The molecule has 0 aliphatic carbocycles. The van der Waals surface area contributed by atoms with Gasteiger partial charge in [0, 0.05) is 50.4 Å². The Morgan fingerprint density at radius 1 is 0.895 bits per heavy atom. The van der Waals surface area contributed by atoms with E-state index >= 15 is 0 Å². The molecular formula is C27H28F6N4O. The van der Waals surface area contributed by atoms with Crippen molar-refractivity contribution in [3.8, 4) is 6.07 Å². The van der Waals surface area contributed by atoms with Gasteiger partial charge in [-0.05, 0) is 43.0 Å². The second kappa shape index (κ2) is 11.3. The number of alkyl halides is 6. The van der Waals surface area contributed by atoms with Crippen molar-refractivity contribution in [2.75, 3.05) is 39.3 Å². The Kier molecular flexibility index (Phi) is 8.33. The Morgan fingerprint density at radius 3 is 2.05 bits per heavy atom. The molecule has 38 heavy (non-hydrogen) atoms. The van der Waals surface area contributed by atoms with Crippen LogP contribution in [0.4, 0.5) is 26.3 Å². The summed E-state index contributed by atoms with van der Waals surface area (Å²) < 4.78 is 80.5. The zero-order chi connectivity index (χ0) is 27.5. The number of piperidine rings is 1. The van der Waals surface area contributed by atoms with Crippen molar-refractivity contribution in [2.45, 2.75) is 43.7 Å². The first-order chi connectivity index (χ1) is 18.0. The average Bonchev–Trinajstić information content (AvgIpc) is 2.88. The Hall–Kier alpha value is -3.10. The summed E-state index contributed by atoms with van der Waals surface area (Å²) in [5, 5.41) is 8.94. The van der Waals surface area contributed by atoms with Crippen molar-refractivity contribution in [3.63, 3.8) is 0 Å². The van der Waals surface area contributed by atoms with Crippen LogP contribution >= 0.6 is 0 Å². The van der Waals surface area contributed by atoms with Crippen LogP contribution in [-0.2, 0) is 18.8 Å². The van der Waals surface area contributed by atoms with Gasteiger partial charge in [-0.15, -0.1) is 0 Å². The molecule has 1 amide bonds. The number of nitriles is 1. The van der Waals surface area contributed by atoms with E-state index in [0.29, 0.717) is 37.9 Å². The molecule has 0 radical (unpaired) electrons. The Balaban J connectivity index is 1.60. The number of hydrogen-bond donors (Lipinski definition) is 0. The van der Waals surface area contributed by atoms with Crippen LogP contribution in [0.25, 0.3) is 0 Å². The minimum Gasteiger partial charge on any atom is -0.335 e. The molecule has 2 aliphatic rings. The normalized spacial score (nSPS) is 21.8. The molecule has 0 bridgehead atoms. The number of benzene rings is 2. The summed E-state index contributed by atoms with van der Waals surface area (Å²) in [4.78, 5) is 19.3. The van der Waals surface area contributed by atoms with Gasteiger partial charge in [-0.25, -0.2) is 0 Å². The molecule has 0 aromatic heterocycles. The van der Waals surface area contributed by atoms with Gasteiger partial charge in [0.25, 0.3) is 5.91 Å². The van der Waals surface area contributed by atoms with E-state index in [1.165, 1.54) is 4.90 Å². The van der Waals surface area contributed by atoms with E-state index in [9.17, 15) is 31.1 Å². The van der Waals surface area contributed by atoms with Crippen molar-refractivity contribution in [1.29, 1.82) is 5.26 Å². The van der Waals surface area contributed by atoms with E-state index in [4.69, 9.17) is 5.26 Å². The largest absolute Gasteiger partial charge is 0.416 e. The van der Waals surface area contributed by atoms with Crippen molar-refractivity contribution >= 4 is 5.91 Å². The van der Waals surface area contributed by atoms with Crippen molar-refractivity contribution < 1.29 is 31.1 Å². The molecule has 4 rings (SSSR count). The van der Waals surface area contributed by atoms with E-state index in [1.807, 2.05) is 30.3 Å². The van der Waals surface area contributed by atoms with Gasteiger partial charge in [0.2, 0.25) is 0 Å². The standard InChI is InChI=1S/C27H28F6N4O/c28-26(29,30)21-15-20(16-22(17-21)27(31,32)33)25(38)37-8-6-23(36-12-10-35(9-7-34)11-13-36)18-24(37)14-19-4-2-1-3-5-19/h1-5,15-17,23-24H,6,8-14,18H2. The average molecular weight is 539 g/mol. The summed E-state index contributed by atoms with van der Waals surface area (Å²) in [5.74, 6) is -0.833. The summed E-state index contributed by atoms with van der Waals surface area (Å²) in [5.41, 5.74) is -2.69. The first-order valence-electron chi connectivity index (χ1n) is 12.4. The monoisotopic (exact) mass is 538 g/mol. The number of carbonyl (C=O) groups excluding carboxylic acids is 1. The minimum atomic E-state index is -5.03. The quantitative estimate of drug-likeness (QED) is 0.394. The minimum absolute atomic E-state index is 0.0381. The highest BCUT2D eigenvalue weighted by atomic mass is 19.4. The summed E-state index contributed by atoms with van der Waals surface area (Å²) >= 11 is 0. The molecule has 0 spiro atoms. The van der Waals surface area contributed by atoms with E-state index < -0.39 is 41.0 Å². The number of rotatable bonds is 5. The molecule has 5 nitrogen and oxygen atoms in total. The third-order valence-electron chi connectivity index (χ3n) is 7.32. The predicted molar refractivity (Wildman–Crippen MR) is 128 cm³/mol. The number of piperazine rings is 1.